The summed E-state index contributed by atoms with van der Waals surface area (Å²) < 4.78 is 0. The first kappa shape index (κ1) is 11.4. The number of aliphatic imine (C=N–C) groups is 1. The minimum absolute atomic E-state index is 0.171. The molecule has 18 heavy (non-hydrogen) atoms. The number of aromatic nitrogens is 1. The van der Waals surface area contributed by atoms with Gasteiger partial charge in [0, 0.05) is 19.8 Å². The van der Waals surface area contributed by atoms with Crippen LogP contribution in [0.2, 0.25) is 0 Å². The quantitative estimate of drug-likeness (QED) is 0.751. The lowest BCUT2D eigenvalue weighted by molar-refractivity contribution is -0.130. The van der Waals surface area contributed by atoms with Gasteiger partial charge in [-0.1, -0.05) is 0 Å². The van der Waals surface area contributed by atoms with E-state index >= 15 is 0 Å². The van der Waals surface area contributed by atoms with Crippen LogP contribution in [-0.2, 0) is 4.79 Å². The fraction of sp³-hybridized carbons (Fsp3) is 0.500. The number of nitrogens with zero attached hydrogens (tertiary/aromatic N) is 3. The number of carbonyl (C=O) groups is 1. The molecule has 0 aliphatic carbocycles. The van der Waals surface area contributed by atoms with E-state index in [2.05, 4.69) is 4.98 Å². The second kappa shape index (κ2) is 3.90. The second-order valence-corrected chi connectivity index (χ2v) is 5.29. The highest BCUT2D eigenvalue weighted by atomic mass is 16.2. The summed E-state index contributed by atoms with van der Waals surface area (Å²) >= 11 is 0. The van der Waals surface area contributed by atoms with E-state index in [1.165, 1.54) is 5.56 Å². The van der Waals surface area contributed by atoms with Crippen molar-refractivity contribution in [3.05, 3.63) is 29.6 Å². The monoisotopic (exact) mass is 243 g/mol. The fourth-order valence-electron chi connectivity index (χ4n) is 2.83. The zero-order chi connectivity index (χ0) is 12.8. The van der Waals surface area contributed by atoms with Gasteiger partial charge in [0.15, 0.2) is 0 Å². The third-order valence-electron chi connectivity index (χ3n) is 3.94. The maximum absolute atomic E-state index is 12.2. The summed E-state index contributed by atoms with van der Waals surface area (Å²) in [5, 5.41) is 0. The van der Waals surface area contributed by atoms with Gasteiger partial charge in [0.05, 0.1) is 11.4 Å². The average molecular weight is 243 g/mol. The number of rotatable bonds is 1. The van der Waals surface area contributed by atoms with Gasteiger partial charge in [0.25, 0.3) is 0 Å². The molecule has 3 heterocycles. The molecule has 0 bridgehead atoms. The van der Waals surface area contributed by atoms with Crippen molar-refractivity contribution in [2.45, 2.75) is 31.7 Å². The lowest BCUT2D eigenvalue weighted by Crippen LogP contribution is -2.35. The number of hydrogen-bond donors (Lipinski definition) is 0. The molecule has 4 nitrogen and oxygen atoms in total. The normalized spacial score (nSPS) is 27.1. The van der Waals surface area contributed by atoms with Gasteiger partial charge in [-0.25, -0.2) is 0 Å². The molecule has 1 atom stereocenters. The molecule has 0 aromatic carbocycles. The Morgan fingerprint density at radius 2 is 2.22 bits per heavy atom. The van der Waals surface area contributed by atoms with Crippen molar-refractivity contribution in [1.29, 1.82) is 0 Å². The molecule has 2 aliphatic rings. The van der Waals surface area contributed by atoms with Crippen LogP contribution in [0.4, 0.5) is 0 Å². The highest BCUT2D eigenvalue weighted by molar-refractivity contribution is 6.04. The summed E-state index contributed by atoms with van der Waals surface area (Å²) in [4.78, 5) is 23.0. The third-order valence-corrected chi connectivity index (χ3v) is 3.94. The summed E-state index contributed by atoms with van der Waals surface area (Å²) in [5.41, 5.74) is 2.62. The van der Waals surface area contributed by atoms with Crippen LogP contribution in [0.1, 0.15) is 30.5 Å². The van der Waals surface area contributed by atoms with Crippen molar-refractivity contribution in [1.82, 2.24) is 9.88 Å². The van der Waals surface area contributed by atoms with Gasteiger partial charge in [0.2, 0.25) is 5.91 Å². The summed E-state index contributed by atoms with van der Waals surface area (Å²) in [7, 11) is 1.86. The molecule has 0 N–H and O–H groups in total. The van der Waals surface area contributed by atoms with E-state index in [1.54, 1.807) is 11.1 Å². The van der Waals surface area contributed by atoms with E-state index in [-0.39, 0.29) is 5.91 Å². The zero-order valence-electron chi connectivity index (χ0n) is 10.8. The van der Waals surface area contributed by atoms with Crippen LogP contribution < -0.4 is 0 Å². The van der Waals surface area contributed by atoms with Crippen molar-refractivity contribution in [2.24, 2.45) is 4.99 Å². The van der Waals surface area contributed by atoms with Crippen LogP contribution in [0.25, 0.3) is 0 Å². The van der Waals surface area contributed by atoms with Gasteiger partial charge in [-0.3, -0.25) is 14.8 Å². The molecule has 4 heteroatoms. The molecule has 1 unspecified atom stereocenters. The summed E-state index contributed by atoms with van der Waals surface area (Å²) in [6.07, 6.45) is 4.34. The fourth-order valence-corrected chi connectivity index (χ4v) is 2.83. The molecule has 1 aromatic heterocycles. The maximum Gasteiger partial charge on any atom is 0.250 e. The van der Waals surface area contributed by atoms with Crippen LogP contribution in [-0.4, -0.2) is 40.6 Å². The first-order valence-corrected chi connectivity index (χ1v) is 6.38. The highest BCUT2D eigenvalue weighted by Gasteiger charge is 2.48. The topological polar surface area (TPSA) is 45.6 Å². The molecule has 2 aliphatic heterocycles. The van der Waals surface area contributed by atoms with E-state index < -0.39 is 5.54 Å². The predicted octanol–water partition coefficient (Wildman–Crippen LogP) is 1.57. The number of pyridine rings is 1. The van der Waals surface area contributed by atoms with E-state index in [0.717, 1.165) is 37.2 Å². The molecule has 3 rings (SSSR count). The lowest BCUT2D eigenvalue weighted by Gasteiger charge is -2.16. The Bertz CT molecular complexity index is 538. The van der Waals surface area contributed by atoms with Gasteiger partial charge in [-0.05, 0) is 43.9 Å². The smallest absolute Gasteiger partial charge is 0.250 e. The Labute approximate surface area is 107 Å². The van der Waals surface area contributed by atoms with Crippen LogP contribution in [0.5, 0.6) is 0 Å². The first-order valence-electron chi connectivity index (χ1n) is 6.38. The van der Waals surface area contributed by atoms with Gasteiger partial charge in [0.1, 0.15) is 5.54 Å². The molecule has 1 amide bonds. The lowest BCUT2D eigenvalue weighted by atomic mass is 9.95. The van der Waals surface area contributed by atoms with Gasteiger partial charge >= 0.3 is 0 Å². The third kappa shape index (κ3) is 1.64. The Kier molecular flexibility index (Phi) is 2.47. The van der Waals surface area contributed by atoms with Crippen LogP contribution in [0.15, 0.2) is 23.3 Å². The molecule has 0 radical (unpaired) electrons. The van der Waals surface area contributed by atoms with Crippen LogP contribution >= 0.6 is 0 Å². The van der Waals surface area contributed by atoms with Crippen molar-refractivity contribution >= 4 is 11.6 Å². The number of aryl methyl sites for hydroxylation is 1. The SMILES string of the molecule is Cc1ccnc(C2=NC3(CC2)CCN(C)C3=O)c1. The summed E-state index contributed by atoms with van der Waals surface area (Å²) in [6, 6.07) is 4.02. The molecule has 0 saturated carbocycles. The zero-order valence-corrected chi connectivity index (χ0v) is 10.8. The van der Waals surface area contributed by atoms with E-state index in [1.807, 2.05) is 26.1 Å². The number of likely N-dealkylation sites (N-methyl/N-ethyl adjacent to an activating group) is 1. The Morgan fingerprint density at radius 3 is 2.89 bits per heavy atom. The molecular weight excluding hydrogens is 226 g/mol. The number of hydrogen-bond acceptors (Lipinski definition) is 3. The van der Waals surface area contributed by atoms with Gasteiger partial charge in [-0.15, -0.1) is 0 Å². The van der Waals surface area contributed by atoms with Gasteiger partial charge in [-0.2, -0.15) is 0 Å². The van der Waals surface area contributed by atoms with Crippen molar-refractivity contribution in [2.75, 3.05) is 13.6 Å². The average Bonchev–Trinajstić information content (AvgIpc) is 2.91. The second-order valence-electron chi connectivity index (χ2n) is 5.29. The van der Waals surface area contributed by atoms with Crippen LogP contribution in [0, 0.1) is 6.92 Å². The van der Waals surface area contributed by atoms with Crippen molar-refractivity contribution < 1.29 is 4.79 Å². The largest absolute Gasteiger partial charge is 0.344 e. The van der Waals surface area contributed by atoms with Crippen molar-refractivity contribution in [3.63, 3.8) is 0 Å². The standard InChI is InChI=1S/C14H17N3O/c1-10-4-7-15-12(9-10)11-3-5-14(16-11)6-8-17(2)13(14)18/h4,7,9H,3,5-6,8H2,1-2H3. The molecule has 1 saturated heterocycles. The Balaban J connectivity index is 1.95. The van der Waals surface area contributed by atoms with Crippen LogP contribution in [0.3, 0.4) is 0 Å². The number of amides is 1. The summed E-state index contributed by atoms with van der Waals surface area (Å²) in [5.74, 6) is 0.171. The van der Waals surface area contributed by atoms with E-state index in [4.69, 9.17) is 4.99 Å². The highest BCUT2D eigenvalue weighted by Crippen LogP contribution is 2.36. The van der Waals surface area contributed by atoms with E-state index in [9.17, 15) is 4.79 Å². The van der Waals surface area contributed by atoms with Gasteiger partial charge < -0.3 is 4.90 Å². The Morgan fingerprint density at radius 1 is 1.39 bits per heavy atom. The maximum atomic E-state index is 12.2. The summed E-state index contributed by atoms with van der Waals surface area (Å²) in [6.45, 7) is 2.86. The minimum Gasteiger partial charge on any atom is -0.344 e. The molecule has 1 fully saturated rings. The number of carbonyl (C=O) groups excluding carboxylic acids is 1. The molecule has 94 valence electrons. The minimum atomic E-state index is -0.477. The first-order chi connectivity index (χ1) is 8.61. The molecular formula is C14H17N3O. The van der Waals surface area contributed by atoms with Crippen molar-refractivity contribution in [3.8, 4) is 0 Å². The number of likely N-dealkylation sites (tertiary alicyclic amines) is 1. The predicted molar refractivity (Wildman–Crippen MR) is 69.7 cm³/mol. The van der Waals surface area contributed by atoms with E-state index in [0.29, 0.717) is 0 Å². The molecule has 1 aromatic rings. The molecule has 1 spiro atoms. The Hall–Kier alpha value is -1.71.